The molecule has 0 heterocycles. The van der Waals surface area contributed by atoms with Crippen LogP contribution < -0.4 is 9.47 Å². The van der Waals surface area contributed by atoms with Crippen LogP contribution in [0.4, 0.5) is 0 Å². The van der Waals surface area contributed by atoms with Gasteiger partial charge in [0, 0.05) is 17.2 Å². The summed E-state index contributed by atoms with van der Waals surface area (Å²) >= 11 is 0. The number of carbonyl (C=O) groups is 1. The maximum absolute atomic E-state index is 11.3. The van der Waals surface area contributed by atoms with E-state index < -0.39 is 0 Å². The quantitative estimate of drug-likeness (QED) is 0.577. The van der Waals surface area contributed by atoms with Crippen molar-refractivity contribution in [3.8, 4) is 23.6 Å². The standard InChI is InChI=1S/C23H16N2O3/c24-12-17-5-1-3-7-20(17)15-27-22-10-9-19(14-26)23(11-22)28-16-21-8-4-2-6-18(21)13-25/h1-11,14H,15-16H2. The third-order valence-electron chi connectivity index (χ3n) is 4.17. The molecule has 0 aliphatic carbocycles. The summed E-state index contributed by atoms with van der Waals surface area (Å²) in [6.45, 7) is 0.381. The van der Waals surface area contributed by atoms with Gasteiger partial charge >= 0.3 is 0 Å². The smallest absolute Gasteiger partial charge is 0.153 e. The van der Waals surface area contributed by atoms with Crippen LogP contribution in [0.3, 0.4) is 0 Å². The molecule has 28 heavy (non-hydrogen) atoms. The van der Waals surface area contributed by atoms with Crippen LogP contribution in [0.15, 0.2) is 66.7 Å². The lowest BCUT2D eigenvalue weighted by Crippen LogP contribution is -2.02. The van der Waals surface area contributed by atoms with E-state index in [2.05, 4.69) is 12.1 Å². The maximum Gasteiger partial charge on any atom is 0.153 e. The highest BCUT2D eigenvalue weighted by atomic mass is 16.5. The molecule has 0 aromatic heterocycles. The minimum Gasteiger partial charge on any atom is -0.489 e. The van der Waals surface area contributed by atoms with Crippen LogP contribution >= 0.6 is 0 Å². The number of carbonyl (C=O) groups excluding carboxylic acids is 1. The molecule has 0 N–H and O–H groups in total. The highest BCUT2D eigenvalue weighted by Crippen LogP contribution is 2.26. The van der Waals surface area contributed by atoms with Gasteiger partial charge in [-0.3, -0.25) is 4.79 Å². The molecule has 0 spiro atoms. The Bertz CT molecular complexity index is 1080. The van der Waals surface area contributed by atoms with Crippen molar-refractivity contribution in [1.29, 1.82) is 10.5 Å². The number of aldehydes is 1. The highest BCUT2D eigenvalue weighted by Gasteiger charge is 2.09. The molecule has 0 radical (unpaired) electrons. The van der Waals surface area contributed by atoms with E-state index in [0.29, 0.717) is 34.5 Å². The van der Waals surface area contributed by atoms with Crippen LogP contribution in [0.1, 0.15) is 32.6 Å². The zero-order valence-corrected chi connectivity index (χ0v) is 15.0. The van der Waals surface area contributed by atoms with Crippen molar-refractivity contribution in [3.63, 3.8) is 0 Å². The van der Waals surface area contributed by atoms with Crippen LogP contribution in [0.5, 0.6) is 11.5 Å². The topological polar surface area (TPSA) is 83.1 Å². The molecule has 3 aromatic carbocycles. The number of hydrogen-bond acceptors (Lipinski definition) is 5. The average Bonchev–Trinajstić information content (AvgIpc) is 2.76. The average molecular weight is 368 g/mol. The van der Waals surface area contributed by atoms with Crippen molar-refractivity contribution in [3.05, 3.63) is 94.5 Å². The molecule has 0 aliphatic heterocycles. The molecule has 0 aliphatic rings. The van der Waals surface area contributed by atoms with Crippen molar-refractivity contribution in [1.82, 2.24) is 0 Å². The van der Waals surface area contributed by atoms with Gasteiger partial charge in [-0.2, -0.15) is 10.5 Å². The van der Waals surface area contributed by atoms with Gasteiger partial charge in [-0.25, -0.2) is 0 Å². The zero-order valence-electron chi connectivity index (χ0n) is 15.0. The van der Waals surface area contributed by atoms with Gasteiger partial charge in [0.05, 0.1) is 28.8 Å². The van der Waals surface area contributed by atoms with Crippen LogP contribution in [-0.4, -0.2) is 6.29 Å². The first-order valence-corrected chi connectivity index (χ1v) is 8.56. The Labute approximate surface area is 163 Å². The maximum atomic E-state index is 11.3. The minimum atomic E-state index is 0.158. The van der Waals surface area contributed by atoms with Crippen LogP contribution in [-0.2, 0) is 13.2 Å². The van der Waals surface area contributed by atoms with Crippen LogP contribution in [0.2, 0.25) is 0 Å². The summed E-state index contributed by atoms with van der Waals surface area (Å²) in [4.78, 5) is 11.3. The van der Waals surface area contributed by atoms with Gasteiger partial charge in [-0.15, -0.1) is 0 Å². The molecule has 0 amide bonds. The van der Waals surface area contributed by atoms with E-state index in [1.807, 2.05) is 18.2 Å². The lowest BCUT2D eigenvalue weighted by Gasteiger charge is -2.12. The minimum absolute atomic E-state index is 0.158. The molecule has 0 unspecified atom stereocenters. The molecular formula is C23H16N2O3. The summed E-state index contributed by atoms with van der Waals surface area (Å²) in [6, 6.07) is 23.5. The SMILES string of the molecule is N#Cc1ccccc1COc1ccc(C=O)c(OCc2ccccc2C#N)c1. The zero-order chi connectivity index (χ0) is 19.8. The van der Waals surface area contributed by atoms with Gasteiger partial charge in [0.1, 0.15) is 24.7 Å². The predicted molar refractivity (Wildman–Crippen MR) is 103 cm³/mol. The second-order valence-corrected chi connectivity index (χ2v) is 5.93. The van der Waals surface area contributed by atoms with Gasteiger partial charge in [0.25, 0.3) is 0 Å². The molecule has 0 saturated heterocycles. The molecule has 0 saturated carbocycles. The van der Waals surface area contributed by atoms with Crippen molar-refractivity contribution < 1.29 is 14.3 Å². The van der Waals surface area contributed by atoms with Crippen LogP contribution in [0.25, 0.3) is 0 Å². The molecule has 136 valence electrons. The Hall–Kier alpha value is -4.09. The number of benzene rings is 3. The summed E-state index contributed by atoms with van der Waals surface area (Å²) in [5.41, 5.74) is 2.97. The number of nitrogens with zero attached hydrogens (tertiary/aromatic N) is 2. The molecule has 0 atom stereocenters. The van der Waals surface area contributed by atoms with Crippen molar-refractivity contribution >= 4 is 6.29 Å². The Morgan fingerprint density at radius 3 is 1.93 bits per heavy atom. The van der Waals surface area contributed by atoms with E-state index in [4.69, 9.17) is 14.7 Å². The molecule has 3 rings (SSSR count). The summed E-state index contributed by atoms with van der Waals surface area (Å²) in [5.74, 6) is 0.885. The van der Waals surface area contributed by atoms with E-state index >= 15 is 0 Å². The molecule has 5 nitrogen and oxygen atoms in total. The van der Waals surface area contributed by atoms with Gasteiger partial charge < -0.3 is 9.47 Å². The fourth-order valence-electron chi connectivity index (χ4n) is 2.65. The molecule has 0 fully saturated rings. The third-order valence-corrected chi connectivity index (χ3v) is 4.17. The van der Waals surface area contributed by atoms with E-state index in [0.717, 1.165) is 11.1 Å². The number of ether oxygens (including phenoxy) is 2. The lowest BCUT2D eigenvalue weighted by molar-refractivity contribution is 0.111. The van der Waals surface area contributed by atoms with Gasteiger partial charge in [0.2, 0.25) is 0 Å². The van der Waals surface area contributed by atoms with Gasteiger partial charge in [-0.1, -0.05) is 36.4 Å². The molecule has 5 heteroatoms. The number of nitriles is 2. The van der Waals surface area contributed by atoms with Gasteiger partial charge in [0.15, 0.2) is 6.29 Å². The summed E-state index contributed by atoms with van der Waals surface area (Å²) in [6.07, 6.45) is 0.709. The molecule has 0 bridgehead atoms. The first kappa shape index (κ1) is 18.7. The normalized spacial score (nSPS) is 9.79. The Morgan fingerprint density at radius 1 is 0.786 bits per heavy atom. The Kier molecular flexibility index (Phi) is 6.02. The first-order valence-electron chi connectivity index (χ1n) is 8.56. The predicted octanol–water partition coefficient (Wildman–Crippen LogP) is 4.40. The Balaban J connectivity index is 1.76. The third kappa shape index (κ3) is 4.35. The van der Waals surface area contributed by atoms with Crippen molar-refractivity contribution in [2.24, 2.45) is 0 Å². The fourth-order valence-corrected chi connectivity index (χ4v) is 2.65. The Morgan fingerprint density at radius 2 is 1.36 bits per heavy atom. The monoisotopic (exact) mass is 368 g/mol. The highest BCUT2D eigenvalue weighted by molar-refractivity contribution is 5.79. The van der Waals surface area contributed by atoms with Gasteiger partial charge in [-0.05, 0) is 24.3 Å². The molecule has 3 aromatic rings. The van der Waals surface area contributed by atoms with E-state index in [1.54, 1.807) is 48.5 Å². The largest absolute Gasteiger partial charge is 0.489 e. The van der Waals surface area contributed by atoms with E-state index in [-0.39, 0.29) is 13.2 Å². The van der Waals surface area contributed by atoms with Crippen molar-refractivity contribution in [2.45, 2.75) is 13.2 Å². The summed E-state index contributed by atoms with van der Waals surface area (Å²) in [7, 11) is 0. The van der Waals surface area contributed by atoms with E-state index in [1.165, 1.54) is 0 Å². The van der Waals surface area contributed by atoms with Crippen molar-refractivity contribution in [2.75, 3.05) is 0 Å². The van der Waals surface area contributed by atoms with Crippen LogP contribution in [0, 0.1) is 22.7 Å². The lowest BCUT2D eigenvalue weighted by atomic mass is 10.1. The number of rotatable bonds is 7. The second kappa shape index (κ2) is 9.02. The molecular weight excluding hydrogens is 352 g/mol. The number of hydrogen-bond donors (Lipinski definition) is 0. The first-order chi connectivity index (χ1) is 13.7. The fraction of sp³-hybridized carbons (Fsp3) is 0.0870. The summed E-state index contributed by atoms with van der Waals surface area (Å²) < 4.78 is 11.6. The second-order valence-electron chi connectivity index (χ2n) is 5.93. The summed E-state index contributed by atoms with van der Waals surface area (Å²) in [5, 5.41) is 18.3. The van der Waals surface area contributed by atoms with E-state index in [9.17, 15) is 10.1 Å².